The van der Waals surface area contributed by atoms with E-state index in [1.807, 2.05) is 24.4 Å². The number of hydrogen-bond donors (Lipinski definition) is 1. The highest BCUT2D eigenvalue weighted by Crippen LogP contribution is 2.26. The van der Waals surface area contributed by atoms with Crippen LogP contribution in [-0.2, 0) is 13.1 Å². The zero-order chi connectivity index (χ0) is 21.1. The molecule has 4 rings (SSSR count). The minimum atomic E-state index is 0.468. The lowest BCUT2D eigenvalue weighted by Crippen LogP contribution is -2.07. The van der Waals surface area contributed by atoms with Crippen LogP contribution in [0.3, 0.4) is 0 Å². The number of para-hydroxylation sites is 1. The Balaban J connectivity index is 1.60. The maximum Gasteiger partial charge on any atom is 0.0609 e. The number of benzene rings is 3. The van der Waals surface area contributed by atoms with Gasteiger partial charge in [-0.3, -0.25) is 0 Å². The van der Waals surface area contributed by atoms with E-state index in [9.17, 15) is 0 Å². The van der Waals surface area contributed by atoms with Crippen LogP contribution < -0.4 is 5.43 Å². The van der Waals surface area contributed by atoms with Crippen LogP contribution >= 0.6 is 45.8 Å². The van der Waals surface area contributed by atoms with Gasteiger partial charge in [-0.05, 0) is 65.4 Å². The standard InChI is InChI=1S/C24H20Cl2IN3/c1-16-20(13-28-29-14-21-22(25)6-4-7-23(21)26)19-5-2-3-8-24(19)30(16)15-17-9-11-18(27)12-10-17/h2-13,29H,14-15H2,1H3/b28-13-. The number of nitrogens with zero attached hydrogens (tertiary/aromatic N) is 2. The van der Waals surface area contributed by atoms with E-state index in [1.165, 1.54) is 25.7 Å². The van der Waals surface area contributed by atoms with Crippen molar-refractivity contribution in [3.05, 3.63) is 103 Å². The smallest absolute Gasteiger partial charge is 0.0609 e. The molecule has 0 fully saturated rings. The molecule has 1 heterocycles. The van der Waals surface area contributed by atoms with Crippen LogP contribution in [0.25, 0.3) is 10.9 Å². The summed E-state index contributed by atoms with van der Waals surface area (Å²) >= 11 is 14.8. The molecule has 0 atom stereocenters. The quantitative estimate of drug-likeness (QED) is 0.157. The number of hydrazone groups is 1. The topological polar surface area (TPSA) is 29.3 Å². The highest BCUT2D eigenvalue weighted by molar-refractivity contribution is 14.1. The van der Waals surface area contributed by atoms with Gasteiger partial charge in [0.2, 0.25) is 0 Å². The molecule has 0 amide bonds. The summed E-state index contributed by atoms with van der Waals surface area (Å²) in [6.07, 6.45) is 1.88. The van der Waals surface area contributed by atoms with Gasteiger partial charge in [-0.1, -0.05) is 59.6 Å². The molecule has 30 heavy (non-hydrogen) atoms. The number of nitrogens with one attached hydrogen (secondary N) is 1. The van der Waals surface area contributed by atoms with Crippen molar-refractivity contribution in [2.75, 3.05) is 0 Å². The second kappa shape index (κ2) is 9.41. The Kier molecular flexibility index (Phi) is 6.66. The number of hydrogen-bond acceptors (Lipinski definition) is 2. The molecule has 152 valence electrons. The first kappa shape index (κ1) is 21.2. The van der Waals surface area contributed by atoms with E-state index in [-0.39, 0.29) is 0 Å². The van der Waals surface area contributed by atoms with E-state index in [4.69, 9.17) is 23.2 Å². The lowest BCUT2D eigenvalue weighted by atomic mass is 10.1. The van der Waals surface area contributed by atoms with Gasteiger partial charge in [0.25, 0.3) is 0 Å². The molecule has 0 bridgehead atoms. The SMILES string of the molecule is Cc1c(/C=N\NCc2c(Cl)cccc2Cl)c2ccccc2n1Cc1ccc(I)cc1. The number of halogens is 3. The molecule has 0 aliphatic rings. The molecule has 4 aromatic rings. The van der Waals surface area contributed by atoms with Gasteiger partial charge in [0.1, 0.15) is 0 Å². The Bertz CT molecular complexity index is 1190. The minimum absolute atomic E-state index is 0.468. The van der Waals surface area contributed by atoms with Crippen LogP contribution in [0.1, 0.15) is 22.4 Å². The van der Waals surface area contributed by atoms with Crippen molar-refractivity contribution >= 4 is 62.9 Å². The molecule has 0 radical (unpaired) electrons. The number of fused-ring (bicyclic) bond motifs is 1. The summed E-state index contributed by atoms with van der Waals surface area (Å²) in [4.78, 5) is 0. The van der Waals surface area contributed by atoms with Crippen molar-refractivity contribution in [3.8, 4) is 0 Å². The average molecular weight is 548 g/mol. The Hall–Kier alpha value is -2.02. The zero-order valence-corrected chi connectivity index (χ0v) is 20.0. The van der Waals surface area contributed by atoms with Gasteiger partial charge in [0, 0.05) is 47.9 Å². The van der Waals surface area contributed by atoms with E-state index < -0.39 is 0 Å². The Morgan fingerprint density at radius 1 is 0.967 bits per heavy atom. The first-order valence-corrected chi connectivity index (χ1v) is 11.4. The van der Waals surface area contributed by atoms with E-state index >= 15 is 0 Å². The summed E-state index contributed by atoms with van der Waals surface area (Å²) < 4.78 is 3.58. The molecular weight excluding hydrogens is 528 g/mol. The van der Waals surface area contributed by atoms with Gasteiger partial charge < -0.3 is 9.99 Å². The third-order valence-electron chi connectivity index (χ3n) is 5.14. The summed E-state index contributed by atoms with van der Waals surface area (Å²) in [6.45, 7) is 3.42. The first-order valence-electron chi connectivity index (χ1n) is 9.55. The van der Waals surface area contributed by atoms with Crippen molar-refractivity contribution < 1.29 is 0 Å². The van der Waals surface area contributed by atoms with Crippen molar-refractivity contribution in [1.29, 1.82) is 0 Å². The predicted octanol–water partition coefficient (Wildman–Crippen LogP) is 7.03. The summed E-state index contributed by atoms with van der Waals surface area (Å²) in [6, 6.07) is 22.6. The van der Waals surface area contributed by atoms with Crippen molar-refractivity contribution in [3.63, 3.8) is 0 Å². The van der Waals surface area contributed by atoms with Gasteiger partial charge in [-0.2, -0.15) is 5.10 Å². The Morgan fingerprint density at radius 2 is 1.67 bits per heavy atom. The van der Waals surface area contributed by atoms with E-state index in [0.717, 1.165) is 17.7 Å². The molecule has 1 aromatic heterocycles. The Labute approximate surface area is 199 Å². The second-order valence-electron chi connectivity index (χ2n) is 7.02. The molecule has 0 spiro atoms. The van der Waals surface area contributed by atoms with Crippen LogP contribution in [0.2, 0.25) is 10.0 Å². The van der Waals surface area contributed by atoms with E-state index in [1.54, 1.807) is 0 Å². The Morgan fingerprint density at radius 3 is 2.40 bits per heavy atom. The van der Waals surface area contributed by atoms with Crippen LogP contribution in [-0.4, -0.2) is 10.8 Å². The molecule has 1 N–H and O–H groups in total. The minimum Gasteiger partial charge on any atom is -0.340 e. The third-order valence-corrected chi connectivity index (χ3v) is 6.56. The van der Waals surface area contributed by atoms with Gasteiger partial charge in [0.05, 0.1) is 12.8 Å². The molecule has 0 saturated heterocycles. The normalized spacial score (nSPS) is 11.5. The molecule has 0 aliphatic carbocycles. The van der Waals surface area contributed by atoms with Crippen LogP contribution in [0.5, 0.6) is 0 Å². The van der Waals surface area contributed by atoms with Crippen LogP contribution in [0.4, 0.5) is 0 Å². The van der Waals surface area contributed by atoms with E-state index in [0.29, 0.717) is 16.6 Å². The largest absolute Gasteiger partial charge is 0.340 e. The summed E-state index contributed by atoms with van der Waals surface area (Å²) in [7, 11) is 0. The van der Waals surface area contributed by atoms with Gasteiger partial charge >= 0.3 is 0 Å². The highest BCUT2D eigenvalue weighted by atomic mass is 127. The summed E-state index contributed by atoms with van der Waals surface area (Å²) in [5.74, 6) is 0. The zero-order valence-electron chi connectivity index (χ0n) is 16.4. The molecule has 0 aliphatic heterocycles. The fraction of sp³-hybridized carbons (Fsp3) is 0.125. The van der Waals surface area contributed by atoms with E-state index in [2.05, 4.69) is 93.1 Å². The molecule has 0 saturated carbocycles. The predicted molar refractivity (Wildman–Crippen MR) is 136 cm³/mol. The second-order valence-corrected chi connectivity index (χ2v) is 9.08. The maximum absolute atomic E-state index is 6.24. The third kappa shape index (κ3) is 4.51. The van der Waals surface area contributed by atoms with Gasteiger partial charge in [-0.15, -0.1) is 0 Å². The first-order chi connectivity index (χ1) is 14.5. The van der Waals surface area contributed by atoms with Crippen molar-refractivity contribution in [2.24, 2.45) is 5.10 Å². The average Bonchev–Trinajstić information content (AvgIpc) is 3.00. The molecule has 3 aromatic carbocycles. The molecule has 6 heteroatoms. The van der Waals surface area contributed by atoms with Crippen molar-refractivity contribution in [2.45, 2.75) is 20.0 Å². The lowest BCUT2D eigenvalue weighted by molar-refractivity contribution is 0.748. The monoisotopic (exact) mass is 547 g/mol. The molecule has 0 unspecified atom stereocenters. The molecule has 3 nitrogen and oxygen atoms in total. The van der Waals surface area contributed by atoms with Gasteiger partial charge in [-0.25, -0.2) is 0 Å². The summed E-state index contributed by atoms with van der Waals surface area (Å²) in [5, 5.41) is 6.91. The van der Waals surface area contributed by atoms with Crippen LogP contribution in [0, 0.1) is 10.5 Å². The summed E-state index contributed by atoms with van der Waals surface area (Å²) in [5.41, 5.74) is 8.68. The molecular formula is C24H20Cl2IN3. The highest BCUT2D eigenvalue weighted by Gasteiger charge is 2.13. The maximum atomic E-state index is 6.24. The van der Waals surface area contributed by atoms with Gasteiger partial charge in [0.15, 0.2) is 0 Å². The number of aromatic nitrogens is 1. The van der Waals surface area contributed by atoms with Crippen molar-refractivity contribution in [1.82, 2.24) is 9.99 Å². The lowest BCUT2D eigenvalue weighted by Gasteiger charge is -2.09. The fourth-order valence-corrected chi connectivity index (χ4v) is 4.42. The fourth-order valence-electron chi connectivity index (χ4n) is 3.53. The number of rotatable bonds is 6. The van der Waals surface area contributed by atoms with Crippen LogP contribution in [0.15, 0.2) is 71.8 Å².